The molecule has 0 radical (unpaired) electrons. The van der Waals surface area contributed by atoms with Crippen LogP contribution in [0.25, 0.3) is 0 Å². The maximum absolute atomic E-state index is 13.6. The molecule has 4 aliphatic rings. The van der Waals surface area contributed by atoms with Crippen molar-refractivity contribution in [3.63, 3.8) is 0 Å². The molecule has 4 aliphatic carbocycles. The van der Waals surface area contributed by atoms with Gasteiger partial charge in [-0.1, -0.05) is 32.9 Å². The summed E-state index contributed by atoms with van der Waals surface area (Å²) >= 11 is 0. The molecule has 1 nitrogen and oxygen atoms in total. The van der Waals surface area contributed by atoms with Gasteiger partial charge >= 0.3 is 6.18 Å². The number of hydrogen-bond donors (Lipinski definition) is 1. The lowest BCUT2D eigenvalue weighted by Gasteiger charge is -2.62. The molecule has 34 heavy (non-hydrogen) atoms. The number of hydrogen-bond acceptors (Lipinski definition) is 1. The third-order valence-corrected chi connectivity index (χ3v) is 11.5. The van der Waals surface area contributed by atoms with Gasteiger partial charge in [0.15, 0.2) is 5.60 Å². The van der Waals surface area contributed by atoms with Crippen LogP contribution in [-0.4, -0.2) is 16.9 Å². The Morgan fingerprint density at radius 3 is 2.26 bits per heavy atom. The van der Waals surface area contributed by atoms with Crippen LogP contribution < -0.4 is 0 Å². The molecule has 4 saturated carbocycles. The Bertz CT molecular complexity index is 896. The summed E-state index contributed by atoms with van der Waals surface area (Å²) in [5.41, 5.74) is -1.10. The van der Waals surface area contributed by atoms with E-state index in [9.17, 15) is 22.7 Å². The van der Waals surface area contributed by atoms with E-state index in [1.54, 1.807) is 12.1 Å². The van der Waals surface area contributed by atoms with Gasteiger partial charge in [0.25, 0.3) is 0 Å². The fraction of sp³-hybridized carbons (Fsp3) is 0.793. The lowest BCUT2D eigenvalue weighted by molar-refractivity contribution is -0.290. The third-order valence-electron chi connectivity index (χ3n) is 11.5. The van der Waals surface area contributed by atoms with Crippen molar-refractivity contribution in [1.82, 2.24) is 0 Å². The Morgan fingerprint density at radius 1 is 0.912 bits per heavy atom. The molecular weight excluding hydrogens is 440 g/mol. The van der Waals surface area contributed by atoms with Crippen molar-refractivity contribution in [2.24, 2.45) is 46.3 Å². The van der Waals surface area contributed by atoms with E-state index in [-0.39, 0.29) is 35.4 Å². The second-order valence-electron chi connectivity index (χ2n) is 12.9. The lowest BCUT2D eigenvalue weighted by atomic mass is 9.43. The summed E-state index contributed by atoms with van der Waals surface area (Å²) in [5, 5.41) is 10.4. The van der Waals surface area contributed by atoms with Crippen LogP contribution in [0.4, 0.5) is 17.6 Å². The predicted molar refractivity (Wildman–Crippen MR) is 125 cm³/mol. The van der Waals surface area contributed by atoms with Gasteiger partial charge in [-0.2, -0.15) is 13.2 Å². The summed E-state index contributed by atoms with van der Waals surface area (Å²) in [4.78, 5) is 0. The first-order valence-electron chi connectivity index (χ1n) is 13.4. The number of rotatable bonds is 3. The van der Waals surface area contributed by atoms with E-state index in [4.69, 9.17) is 0 Å². The molecule has 0 unspecified atom stereocenters. The minimum Gasteiger partial charge on any atom is -0.380 e. The van der Waals surface area contributed by atoms with Crippen LogP contribution in [0.2, 0.25) is 0 Å². The predicted octanol–water partition coefficient (Wildman–Crippen LogP) is 7.96. The van der Waals surface area contributed by atoms with Gasteiger partial charge in [0.05, 0.1) is 0 Å². The number of fused-ring (bicyclic) bond motifs is 5. The van der Waals surface area contributed by atoms with Crippen LogP contribution in [-0.2, 0) is 6.42 Å². The van der Waals surface area contributed by atoms with Crippen LogP contribution >= 0.6 is 0 Å². The molecule has 0 bridgehead atoms. The average Bonchev–Trinajstić information content (AvgIpc) is 3.12. The second kappa shape index (κ2) is 8.21. The fourth-order valence-corrected chi connectivity index (χ4v) is 9.61. The Labute approximate surface area is 201 Å². The topological polar surface area (TPSA) is 20.2 Å². The van der Waals surface area contributed by atoms with Crippen LogP contribution in [0.3, 0.4) is 0 Å². The van der Waals surface area contributed by atoms with Crippen molar-refractivity contribution in [1.29, 1.82) is 0 Å². The summed E-state index contributed by atoms with van der Waals surface area (Å²) in [6.07, 6.45) is 3.20. The Hall–Kier alpha value is -1.10. The van der Waals surface area contributed by atoms with Crippen molar-refractivity contribution in [3.05, 3.63) is 35.6 Å². The molecule has 5 rings (SSSR count). The Kier molecular flexibility index (Phi) is 5.94. The molecule has 1 aromatic carbocycles. The van der Waals surface area contributed by atoms with E-state index in [1.165, 1.54) is 18.4 Å². The van der Waals surface area contributed by atoms with Crippen LogP contribution in [0.1, 0.15) is 84.1 Å². The second-order valence-corrected chi connectivity index (χ2v) is 12.9. The van der Waals surface area contributed by atoms with Crippen molar-refractivity contribution in [3.8, 4) is 0 Å². The zero-order chi connectivity index (χ0) is 24.5. The summed E-state index contributed by atoms with van der Waals surface area (Å²) in [7, 11) is 0. The fourth-order valence-electron chi connectivity index (χ4n) is 9.61. The van der Waals surface area contributed by atoms with E-state index in [2.05, 4.69) is 20.8 Å². The van der Waals surface area contributed by atoms with Gasteiger partial charge in [0.2, 0.25) is 0 Å². The smallest absolute Gasteiger partial charge is 0.380 e. The molecule has 0 spiro atoms. The number of alkyl halides is 3. The van der Waals surface area contributed by atoms with Crippen molar-refractivity contribution in [2.45, 2.75) is 96.8 Å². The van der Waals surface area contributed by atoms with Gasteiger partial charge < -0.3 is 5.11 Å². The van der Waals surface area contributed by atoms with Crippen LogP contribution in [0, 0.1) is 52.2 Å². The largest absolute Gasteiger partial charge is 0.417 e. The highest BCUT2D eigenvalue weighted by atomic mass is 19.4. The van der Waals surface area contributed by atoms with Gasteiger partial charge in [-0.15, -0.1) is 0 Å². The van der Waals surface area contributed by atoms with E-state index in [0.717, 1.165) is 32.1 Å². The quantitative estimate of drug-likeness (QED) is 0.435. The minimum absolute atomic E-state index is 0.0342. The standard InChI is InChI=1S/C29H40F4O/c1-18(16-19-4-7-21(30)8-5-19)23-10-11-24-22-9-6-20-17-28(34,29(31,32)33)15-14-26(20,2)25(22)12-13-27(23,24)3/h4-5,7-8,18,20,22-25,34H,6,9-17H2,1-3H3/t18-,20-,22+,23-,24+,25+,26+,27-,28-/m1/s1. The third kappa shape index (κ3) is 3.74. The molecule has 1 aromatic rings. The van der Waals surface area contributed by atoms with E-state index < -0.39 is 11.8 Å². The maximum atomic E-state index is 13.6. The molecule has 5 heteroatoms. The van der Waals surface area contributed by atoms with Gasteiger partial charge in [0.1, 0.15) is 5.82 Å². The van der Waals surface area contributed by atoms with E-state index >= 15 is 0 Å². The summed E-state index contributed by atoms with van der Waals surface area (Å²) in [6.45, 7) is 7.09. The number of halogens is 4. The number of aliphatic hydroxyl groups is 1. The van der Waals surface area contributed by atoms with Crippen molar-refractivity contribution in [2.75, 3.05) is 0 Å². The molecular formula is C29H40F4O. The van der Waals surface area contributed by atoms with Gasteiger partial charge in [-0.25, -0.2) is 4.39 Å². The molecule has 0 aliphatic heterocycles. The van der Waals surface area contributed by atoms with Crippen molar-refractivity contribution >= 4 is 0 Å². The molecule has 0 heterocycles. The van der Waals surface area contributed by atoms with Crippen LogP contribution in [0.5, 0.6) is 0 Å². The summed E-state index contributed by atoms with van der Waals surface area (Å²) in [6, 6.07) is 6.92. The first kappa shape index (κ1) is 24.6. The van der Waals surface area contributed by atoms with Crippen LogP contribution in [0.15, 0.2) is 24.3 Å². The highest BCUT2D eigenvalue weighted by Crippen LogP contribution is 2.69. The first-order valence-corrected chi connectivity index (χ1v) is 13.4. The normalized spacial score (nSPS) is 45.2. The number of benzene rings is 1. The average molecular weight is 481 g/mol. The van der Waals surface area contributed by atoms with Crippen molar-refractivity contribution < 1.29 is 22.7 Å². The molecule has 9 atom stereocenters. The molecule has 0 saturated heterocycles. The Morgan fingerprint density at radius 2 is 1.59 bits per heavy atom. The molecule has 1 N–H and O–H groups in total. The van der Waals surface area contributed by atoms with Gasteiger partial charge in [0, 0.05) is 0 Å². The maximum Gasteiger partial charge on any atom is 0.417 e. The van der Waals surface area contributed by atoms with Gasteiger partial charge in [-0.05, 0) is 128 Å². The zero-order valence-corrected chi connectivity index (χ0v) is 20.8. The monoisotopic (exact) mass is 480 g/mol. The highest BCUT2D eigenvalue weighted by Gasteiger charge is 2.65. The van der Waals surface area contributed by atoms with Gasteiger partial charge in [-0.3, -0.25) is 0 Å². The minimum atomic E-state index is -4.53. The molecule has 0 amide bonds. The molecule has 190 valence electrons. The molecule has 0 aromatic heterocycles. The lowest BCUT2D eigenvalue weighted by Crippen LogP contribution is -2.59. The molecule has 4 fully saturated rings. The zero-order valence-electron chi connectivity index (χ0n) is 20.8. The SMILES string of the molecule is C[C@H](Cc1ccc(F)cc1)[C@H]1CC[C@H]2[C@@H]3CC[C@@H]4C[C@@](O)(C(F)(F)F)CC[C@]4(C)[C@H]3CC[C@]12C. The van der Waals surface area contributed by atoms with E-state index in [1.807, 2.05) is 12.1 Å². The van der Waals surface area contributed by atoms with E-state index in [0.29, 0.717) is 36.0 Å². The summed E-state index contributed by atoms with van der Waals surface area (Å²) < 4.78 is 54.1. The highest BCUT2D eigenvalue weighted by molar-refractivity contribution is 5.18. The summed E-state index contributed by atoms with van der Waals surface area (Å²) in [5.74, 6) is 2.66. The first-order chi connectivity index (χ1) is 15.9. The Balaban J connectivity index is 1.32.